The third kappa shape index (κ3) is 4.23. The van der Waals surface area contributed by atoms with E-state index in [9.17, 15) is 0 Å². The van der Waals surface area contributed by atoms with Gasteiger partial charge < -0.3 is 0 Å². The van der Waals surface area contributed by atoms with Crippen LogP contribution < -0.4 is 0 Å². The molecule has 0 spiro atoms. The summed E-state index contributed by atoms with van der Waals surface area (Å²) in [5, 5.41) is 4.67. The predicted octanol–water partition coefficient (Wildman–Crippen LogP) is 3.92. The van der Waals surface area contributed by atoms with Gasteiger partial charge in [-0.15, -0.1) is 0 Å². The van der Waals surface area contributed by atoms with E-state index in [1.165, 1.54) is 25.7 Å². The van der Waals surface area contributed by atoms with Crippen LogP contribution in [-0.2, 0) is 19.4 Å². The maximum atomic E-state index is 4.67. The molecule has 110 valence electrons. The van der Waals surface area contributed by atoms with E-state index in [4.69, 9.17) is 0 Å². The second-order valence-corrected chi connectivity index (χ2v) is 5.78. The van der Waals surface area contributed by atoms with Gasteiger partial charge in [-0.3, -0.25) is 0 Å². The van der Waals surface area contributed by atoms with E-state index in [0.29, 0.717) is 0 Å². The van der Waals surface area contributed by atoms with Crippen LogP contribution in [-0.4, -0.2) is 20.5 Å². The van der Waals surface area contributed by atoms with Gasteiger partial charge in [0.15, 0.2) is 5.82 Å². The predicted molar refractivity (Wildman–Crippen MR) is 84.9 cm³/mol. The average molecular weight is 283 g/mol. The van der Waals surface area contributed by atoms with Crippen LogP contribution in [0.15, 0.2) is 0 Å². The van der Waals surface area contributed by atoms with Gasteiger partial charge in [-0.2, -0.15) is 17.7 Å². The fourth-order valence-electron chi connectivity index (χ4n) is 2.83. The summed E-state index contributed by atoms with van der Waals surface area (Å²) in [4.78, 5) is 4.61. The summed E-state index contributed by atoms with van der Waals surface area (Å²) in [5.74, 6) is 3.02. The Morgan fingerprint density at radius 1 is 1.05 bits per heavy atom. The van der Waals surface area contributed by atoms with E-state index >= 15 is 0 Å². The monoisotopic (exact) mass is 283 g/mol. The van der Waals surface area contributed by atoms with Crippen LogP contribution in [0.5, 0.6) is 0 Å². The number of rotatable bonds is 9. The molecule has 0 saturated carbocycles. The topological polar surface area (TPSA) is 30.7 Å². The summed E-state index contributed by atoms with van der Waals surface area (Å²) in [6, 6.07) is 0. The third-order valence-electron chi connectivity index (χ3n) is 3.81. The number of aromatic nitrogens is 3. The van der Waals surface area contributed by atoms with Crippen molar-refractivity contribution in [3.8, 4) is 0 Å². The van der Waals surface area contributed by atoms with Crippen LogP contribution >= 0.6 is 12.6 Å². The van der Waals surface area contributed by atoms with Crippen molar-refractivity contribution >= 4 is 12.6 Å². The SMILES string of the molecule is CCCC(CS)(CCC)Cn1nc(CC)nc1CC. The van der Waals surface area contributed by atoms with Crippen molar-refractivity contribution in [2.45, 2.75) is 72.8 Å². The molecule has 0 radical (unpaired) electrons. The van der Waals surface area contributed by atoms with E-state index in [1.54, 1.807) is 0 Å². The number of aryl methyl sites for hydroxylation is 2. The molecule has 0 amide bonds. The Morgan fingerprint density at radius 3 is 2.11 bits per heavy atom. The highest BCUT2D eigenvalue weighted by Crippen LogP contribution is 2.33. The lowest BCUT2D eigenvalue weighted by Crippen LogP contribution is -2.30. The summed E-state index contributed by atoms with van der Waals surface area (Å²) in [5.41, 5.74) is 0.273. The Hall–Kier alpha value is -0.510. The lowest BCUT2D eigenvalue weighted by Gasteiger charge is -2.32. The molecule has 1 aromatic heterocycles. The van der Waals surface area contributed by atoms with E-state index in [0.717, 1.165) is 36.8 Å². The maximum absolute atomic E-state index is 4.67. The molecular weight excluding hydrogens is 254 g/mol. The molecular formula is C15H29N3S. The molecule has 0 N–H and O–H groups in total. The number of nitrogens with zero attached hydrogens (tertiary/aromatic N) is 3. The molecule has 0 aromatic carbocycles. The number of hydrogen-bond acceptors (Lipinski definition) is 3. The van der Waals surface area contributed by atoms with Crippen molar-refractivity contribution < 1.29 is 0 Å². The van der Waals surface area contributed by atoms with Crippen molar-refractivity contribution in [1.82, 2.24) is 14.8 Å². The molecule has 0 saturated heterocycles. The first-order valence-electron chi connectivity index (χ1n) is 7.68. The molecule has 1 rings (SSSR count). The fraction of sp³-hybridized carbons (Fsp3) is 0.867. The summed E-state index contributed by atoms with van der Waals surface area (Å²) in [6.07, 6.45) is 6.71. The first-order chi connectivity index (χ1) is 9.14. The minimum atomic E-state index is 0.273. The molecule has 0 aliphatic rings. The van der Waals surface area contributed by atoms with Crippen molar-refractivity contribution in [2.75, 3.05) is 5.75 Å². The lowest BCUT2D eigenvalue weighted by molar-refractivity contribution is 0.218. The molecule has 0 aliphatic heterocycles. The molecule has 1 aromatic rings. The van der Waals surface area contributed by atoms with E-state index in [-0.39, 0.29) is 5.41 Å². The second-order valence-electron chi connectivity index (χ2n) is 5.47. The first-order valence-corrected chi connectivity index (χ1v) is 8.31. The molecule has 3 nitrogen and oxygen atoms in total. The Kier molecular flexibility index (Phi) is 6.90. The zero-order chi connectivity index (χ0) is 14.3. The van der Waals surface area contributed by atoms with Crippen LogP contribution in [0.3, 0.4) is 0 Å². The molecule has 4 heteroatoms. The molecule has 0 bridgehead atoms. The van der Waals surface area contributed by atoms with Crippen LogP contribution in [0.1, 0.15) is 65.0 Å². The van der Waals surface area contributed by atoms with Gasteiger partial charge in [0.05, 0.1) is 0 Å². The zero-order valence-corrected chi connectivity index (χ0v) is 13.8. The van der Waals surface area contributed by atoms with Gasteiger partial charge >= 0.3 is 0 Å². The normalized spacial score (nSPS) is 12.1. The maximum Gasteiger partial charge on any atom is 0.150 e. The minimum absolute atomic E-state index is 0.273. The Labute approximate surface area is 123 Å². The molecule has 19 heavy (non-hydrogen) atoms. The first kappa shape index (κ1) is 16.5. The van der Waals surface area contributed by atoms with Gasteiger partial charge in [0.25, 0.3) is 0 Å². The van der Waals surface area contributed by atoms with Crippen molar-refractivity contribution in [2.24, 2.45) is 5.41 Å². The summed E-state index contributed by atoms with van der Waals surface area (Å²) in [6.45, 7) is 9.75. The van der Waals surface area contributed by atoms with Gasteiger partial charge in [-0.05, 0) is 24.0 Å². The minimum Gasteiger partial charge on any atom is -0.249 e. The Morgan fingerprint density at radius 2 is 1.68 bits per heavy atom. The van der Waals surface area contributed by atoms with Gasteiger partial charge in [0, 0.05) is 19.4 Å². The van der Waals surface area contributed by atoms with E-state index in [2.05, 4.69) is 55.1 Å². The molecule has 0 aliphatic carbocycles. The number of thiol groups is 1. The van der Waals surface area contributed by atoms with Gasteiger partial charge in [0.1, 0.15) is 5.82 Å². The molecule has 0 unspecified atom stereocenters. The smallest absolute Gasteiger partial charge is 0.150 e. The third-order valence-corrected chi connectivity index (χ3v) is 4.48. The molecule has 0 fully saturated rings. The van der Waals surface area contributed by atoms with Gasteiger partial charge in [-0.1, -0.05) is 40.5 Å². The van der Waals surface area contributed by atoms with Gasteiger partial charge in [0.2, 0.25) is 0 Å². The second kappa shape index (κ2) is 7.93. The zero-order valence-electron chi connectivity index (χ0n) is 12.9. The summed E-state index contributed by atoms with van der Waals surface area (Å²) >= 11 is 4.63. The highest BCUT2D eigenvalue weighted by molar-refractivity contribution is 7.80. The highest BCUT2D eigenvalue weighted by atomic mass is 32.1. The van der Waals surface area contributed by atoms with E-state index in [1.807, 2.05) is 0 Å². The lowest BCUT2D eigenvalue weighted by atomic mass is 9.81. The average Bonchev–Trinajstić information content (AvgIpc) is 2.81. The van der Waals surface area contributed by atoms with Crippen LogP contribution in [0.4, 0.5) is 0 Å². The van der Waals surface area contributed by atoms with E-state index < -0.39 is 0 Å². The highest BCUT2D eigenvalue weighted by Gasteiger charge is 2.29. The van der Waals surface area contributed by atoms with Crippen LogP contribution in [0, 0.1) is 5.41 Å². The van der Waals surface area contributed by atoms with Crippen LogP contribution in [0.25, 0.3) is 0 Å². The summed E-state index contributed by atoms with van der Waals surface area (Å²) < 4.78 is 2.14. The van der Waals surface area contributed by atoms with Crippen molar-refractivity contribution in [1.29, 1.82) is 0 Å². The molecule has 1 heterocycles. The molecule has 0 atom stereocenters. The fourth-order valence-corrected chi connectivity index (χ4v) is 3.25. The Balaban J connectivity index is 2.97. The van der Waals surface area contributed by atoms with Crippen molar-refractivity contribution in [3.63, 3.8) is 0 Å². The Bertz CT molecular complexity index is 367. The standard InChI is InChI=1S/C15H29N3S/c1-5-9-15(12-19,10-6-2)11-18-14(8-4)16-13(7-3)17-18/h19H,5-12H2,1-4H3. The summed E-state index contributed by atoms with van der Waals surface area (Å²) in [7, 11) is 0. The quantitative estimate of drug-likeness (QED) is 0.696. The number of hydrogen-bond donors (Lipinski definition) is 1. The van der Waals surface area contributed by atoms with Crippen LogP contribution in [0.2, 0.25) is 0 Å². The van der Waals surface area contributed by atoms with Gasteiger partial charge in [-0.25, -0.2) is 9.67 Å². The van der Waals surface area contributed by atoms with Crippen molar-refractivity contribution in [3.05, 3.63) is 11.6 Å². The largest absolute Gasteiger partial charge is 0.249 e.